The molecule has 20 heavy (non-hydrogen) atoms. The lowest BCUT2D eigenvalue weighted by molar-refractivity contribution is -0.128. The normalized spacial score (nSPS) is 18.9. The zero-order valence-electron chi connectivity index (χ0n) is 12.0. The summed E-state index contributed by atoms with van der Waals surface area (Å²) < 4.78 is 5.17. The van der Waals surface area contributed by atoms with E-state index in [4.69, 9.17) is 4.52 Å². The number of aromatic nitrogens is 2. The van der Waals surface area contributed by atoms with E-state index in [9.17, 15) is 9.59 Å². The molecule has 2 heterocycles. The summed E-state index contributed by atoms with van der Waals surface area (Å²) in [7, 11) is 1.73. The molecule has 0 radical (unpaired) electrons. The molecule has 0 bridgehead atoms. The third kappa shape index (κ3) is 3.34. The molecule has 1 aromatic heterocycles. The fourth-order valence-electron chi connectivity index (χ4n) is 2.19. The summed E-state index contributed by atoms with van der Waals surface area (Å²) in [5.74, 6) is 1.24. The number of amides is 2. The quantitative estimate of drug-likeness (QED) is 0.870. The number of carbonyl (C=O) groups excluding carboxylic acids is 2. The van der Waals surface area contributed by atoms with Gasteiger partial charge in [0.15, 0.2) is 5.82 Å². The highest BCUT2D eigenvalue weighted by Crippen LogP contribution is 2.29. The van der Waals surface area contributed by atoms with Gasteiger partial charge in [0.2, 0.25) is 17.7 Å². The second-order valence-electron chi connectivity index (χ2n) is 5.48. The number of hydrogen-bond acceptors (Lipinski definition) is 5. The van der Waals surface area contributed by atoms with E-state index in [1.54, 1.807) is 11.9 Å². The first-order valence-electron chi connectivity index (χ1n) is 6.82. The number of nitrogens with zero attached hydrogens (tertiary/aromatic N) is 3. The minimum Gasteiger partial charge on any atom is -0.349 e. The predicted molar refractivity (Wildman–Crippen MR) is 70.3 cm³/mol. The summed E-state index contributed by atoms with van der Waals surface area (Å²) in [6, 6.07) is -0.143. The van der Waals surface area contributed by atoms with Crippen molar-refractivity contribution in [3.63, 3.8) is 0 Å². The third-order valence-electron chi connectivity index (χ3n) is 3.30. The monoisotopic (exact) mass is 280 g/mol. The number of nitrogens with one attached hydrogen (secondary N) is 1. The van der Waals surface area contributed by atoms with Crippen LogP contribution in [0, 0.1) is 5.92 Å². The Kier molecular flexibility index (Phi) is 4.36. The minimum absolute atomic E-state index is 0.0282. The van der Waals surface area contributed by atoms with Gasteiger partial charge in [-0.1, -0.05) is 19.0 Å². The number of likely N-dealkylation sites (tertiary alicyclic amines) is 1. The smallest absolute Gasteiger partial charge is 0.249 e. The first kappa shape index (κ1) is 14.5. The highest BCUT2D eigenvalue weighted by molar-refractivity contribution is 5.78. The Morgan fingerprint density at radius 1 is 1.55 bits per heavy atom. The second-order valence-corrected chi connectivity index (χ2v) is 5.48. The molecule has 110 valence electrons. The van der Waals surface area contributed by atoms with E-state index in [1.165, 1.54) is 0 Å². The standard InChI is InChI=1S/C13H20N4O3/c1-8(2)6-11(18)14-7-10-15-13(20-16-10)9-4-5-12(19)17(9)3/h8-9H,4-7H2,1-3H3,(H,14,18)/t9-/m0/s1. The lowest BCUT2D eigenvalue weighted by Gasteiger charge is -2.14. The van der Waals surface area contributed by atoms with Crippen LogP contribution in [0.4, 0.5) is 0 Å². The Bertz CT molecular complexity index is 498. The summed E-state index contributed by atoms with van der Waals surface area (Å²) in [5, 5.41) is 6.58. The van der Waals surface area contributed by atoms with E-state index in [0.29, 0.717) is 36.9 Å². The van der Waals surface area contributed by atoms with E-state index in [2.05, 4.69) is 15.5 Å². The molecule has 1 aliphatic rings. The van der Waals surface area contributed by atoms with E-state index < -0.39 is 0 Å². The van der Waals surface area contributed by atoms with Crippen molar-refractivity contribution >= 4 is 11.8 Å². The lowest BCUT2D eigenvalue weighted by atomic mass is 10.1. The van der Waals surface area contributed by atoms with Gasteiger partial charge in [0.25, 0.3) is 0 Å². The van der Waals surface area contributed by atoms with Crippen LogP contribution in [0.3, 0.4) is 0 Å². The van der Waals surface area contributed by atoms with Gasteiger partial charge >= 0.3 is 0 Å². The van der Waals surface area contributed by atoms with Crippen molar-refractivity contribution in [2.75, 3.05) is 7.05 Å². The summed E-state index contributed by atoms with van der Waals surface area (Å²) in [5.41, 5.74) is 0. The zero-order chi connectivity index (χ0) is 14.7. The molecular weight excluding hydrogens is 260 g/mol. The van der Waals surface area contributed by atoms with Gasteiger partial charge < -0.3 is 14.7 Å². The molecule has 1 fully saturated rings. The van der Waals surface area contributed by atoms with Crippen molar-refractivity contribution in [2.45, 2.75) is 45.7 Å². The predicted octanol–water partition coefficient (Wildman–Crippen LogP) is 1.03. The Hall–Kier alpha value is -1.92. The molecule has 2 rings (SSSR count). The SMILES string of the molecule is CC(C)CC(=O)NCc1noc([C@@H]2CCC(=O)N2C)n1. The Labute approximate surface area is 117 Å². The van der Waals surface area contributed by atoms with Gasteiger partial charge in [0.1, 0.15) is 6.04 Å². The largest absolute Gasteiger partial charge is 0.349 e. The van der Waals surface area contributed by atoms with Crippen LogP contribution in [-0.4, -0.2) is 33.9 Å². The maximum atomic E-state index is 11.5. The molecule has 7 heteroatoms. The Morgan fingerprint density at radius 2 is 2.30 bits per heavy atom. The van der Waals surface area contributed by atoms with Gasteiger partial charge in [0, 0.05) is 19.9 Å². The number of rotatable bonds is 5. The second kappa shape index (κ2) is 6.02. The maximum absolute atomic E-state index is 11.5. The van der Waals surface area contributed by atoms with Crippen LogP contribution in [0.25, 0.3) is 0 Å². The number of carbonyl (C=O) groups is 2. The zero-order valence-corrected chi connectivity index (χ0v) is 12.0. The fourth-order valence-corrected chi connectivity index (χ4v) is 2.19. The van der Waals surface area contributed by atoms with Crippen molar-refractivity contribution < 1.29 is 14.1 Å². The molecule has 1 saturated heterocycles. The summed E-state index contributed by atoms with van der Waals surface area (Å²) >= 11 is 0. The minimum atomic E-state index is -0.143. The van der Waals surface area contributed by atoms with Gasteiger partial charge in [-0.15, -0.1) is 0 Å². The van der Waals surface area contributed by atoms with Crippen molar-refractivity contribution in [1.82, 2.24) is 20.4 Å². The molecular formula is C13H20N4O3. The lowest BCUT2D eigenvalue weighted by Crippen LogP contribution is -2.25. The van der Waals surface area contributed by atoms with Crippen molar-refractivity contribution in [2.24, 2.45) is 5.92 Å². The van der Waals surface area contributed by atoms with Crippen molar-refractivity contribution in [3.05, 3.63) is 11.7 Å². The van der Waals surface area contributed by atoms with Crippen LogP contribution in [0.1, 0.15) is 50.9 Å². The van der Waals surface area contributed by atoms with Crippen LogP contribution in [0.5, 0.6) is 0 Å². The van der Waals surface area contributed by atoms with Crippen LogP contribution >= 0.6 is 0 Å². The molecule has 0 aromatic carbocycles. The van der Waals surface area contributed by atoms with Gasteiger partial charge in [-0.25, -0.2) is 0 Å². The maximum Gasteiger partial charge on any atom is 0.249 e. The number of hydrogen-bond donors (Lipinski definition) is 1. The molecule has 0 saturated carbocycles. The average Bonchev–Trinajstić information content (AvgIpc) is 2.95. The van der Waals surface area contributed by atoms with Gasteiger partial charge in [0.05, 0.1) is 6.54 Å². The van der Waals surface area contributed by atoms with Crippen molar-refractivity contribution in [1.29, 1.82) is 0 Å². The Morgan fingerprint density at radius 3 is 2.90 bits per heavy atom. The summed E-state index contributed by atoms with van der Waals surface area (Å²) in [6.07, 6.45) is 1.67. The van der Waals surface area contributed by atoms with Gasteiger partial charge in [-0.3, -0.25) is 9.59 Å². The molecule has 1 atom stereocenters. The van der Waals surface area contributed by atoms with Gasteiger partial charge in [-0.05, 0) is 12.3 Å². The topological polar surface area (TPSA) is 88.3 Å². The molecule has 1 aliphatic heterocycles. The first-order valence-corrected chi connectivity index (χ1v) is 6.82. The van der Waals surface area contributed by atoms with Crippen LogP contribution in [0.2, 0.25) is 0 Å². The molecule has 0 spiro atoms. The summed E-state index contributed by atoms with van der Waals surface area (Å²) in [4.78, 5) is 28.9. The third-order valence-corrected chi connectivity index (χ3v) is 3.30. The summed E-state index contributed by atoms with van der Waals surface area (Å²) in [6.45, 7) is 4.22. The molecule has 1 N–H and O–H groups in total. The Balaban J connectivity index is 1.89. The highest BCUT2D eigenvalue weighted by atomic mass is 16.5. The van der Waals surface area contributed by atoms with Gasteiger partial charge in [-0.2, -0.15) is 4.98 Å². The van der Waals surface area contributed by atoms with E-state index in [0.717, 1.165) is 0 Å². The molecule has 1 aromatic rings. The van der Waals surface area contributed by atoms with E-state index >= 15 is 0 Å². The highest BCUT2D eigenvalue weighted by Gasteiger charge is 2.33. The molecule has 2 amide bonds. The average molecular weight is 280 g/mol. The molecule has 7 nitrogen and oxygen atoms in total. The molecule has 0 unspecified atom stereocenters. The van der Waals surface area contributed by atoms with Crippen LogP contribution in [0.15, 0.2) is 4.52 Å². The first-order chi connectivity index (χ1) is 9.47. The van der Waals surface area contributed by atoms with E-state index in [1.807, 2.05) is 13.8 Å². The van der Waals surface area contributed by atoms with E-state index in [-0.39, 0.29) is 24.4 Å². The molecule has 0 aliphatic carbocycles. The fraction of sp³-hybridized carbons (Fsp3) is 0.692. The van der Waals surface area contributed by atoms with Crippen LogP contribution in [-0.2, 0) is 16.1 Å². The van der Waals surface area contributed by atoms with Crippen LogP contribution < -0.4 is 5.32 Å². The van der Waals surface area contributed by atoms with Crippen molar-refractivity contribution in [3.8, 4) is 0 Å².